The van der Waals surface area contributed by atoms with Crippen molar-refractivity contribution in [1.29, 1.82) is 0 Å². The second-order valence-corrected chi connectivity index (χ2v) is 5.29. The highest BCUT2D eigenvalue weighted by Gasteiger charge is 2.22. The number of benzene rings is 3. The minimum absolute atomic E-state index is 0.147. The Bertz CT molecular complexity index is 793. The van der Waals surface area contributed by atoms with Crippen molar-refractivity contribution in [3.63, 3.8) is 0 Å². The zero-order valence-electron chi connectivity index (χ0n) is 12.4. The lowest BCUT2D eigenvalue weighted by atomic mass is 9.98. The summed E-state index contributed by atoms with van der Waals surface area (Å²) in [4.78, 5) is 13.6. The summed E-state index contributed by atoms with van der Waals surface area (Å²) < 4.78 is 0. The van der Waals surface area contributed by atoms with Crippen molar-refractivity contribution in [2.75, 3.05) is 4.90 Å². The fourth-order valence-electron chi connectivity index (χ4n) is 2.88. The maximum absolute atomic E-state index is 12.0. The van der Waals surface area contributed by atoms with Crippen LogP contribution in [0.2, 0.25) is 0 Å². The number of primary amides is 1. The van der Waals surface area contributed by atoms with Crippen LogP contribution >= 0.6 is 0 Å². The Morgan fingerprint density at radius 2 is 1.55 bits per heavy atom. The third-order valence-electron chi connectivity index (χ3n) is 3.93. The second kappa shape index (κ2) is 5.90. The fourth-order valence-corrected chi connectivity index (χ4v) is 2.88. The molecule has 1 atom stereocenters. The van der Waals surface area contributed by atoms with Crippen LogP contribution in [-0.4, -0.2) is 6.03 Å². The Balaban J connectivity index is 2.10. The van der Waals surface area contributed by atoms with Gasteiger partial charge in [0.2, 0.25) is 0 Å². The highest BCUT2D eigenvalue weighted by molar-refractivity contribution is 5.93. The zero-order chi connectivity index (χ0) is 15.5. The van der Waals surface area contributed by atoms with Crippen molar-refractivity contribution in [2.24, 2.45) is 5.73 Å². The van der Waals surface area contributed by atoms with Gasteiger partial charge in [-0.15, -0.1) is 0 Å². The number of fused-ring (bicyclic) bond motifs is 1. The van der Waals surface area contributed by atoms with Gasteiger partial charge in [-0.3, -0.25) is 4.90 Å². The van der Waals surface area contributed by atoms with Crippen LogP contribution in [0, 0.1) is 0 Å². The molecular formula is C19H18N2O. The number of para-hydroxylation sites is 1. The molecule has 2 N–H and O–H groups in total. The van der Waals surface area contributed by atoms with Gasteiger partial charge in [-0.2, -0.15) is 0 Å². The molecule has 110 valence electrons. The van der Waals surface area contributed by atoms with Crippen molar-refractivity contribution < 1.29 is 4.79 Å². The number of nitrogens with zero attached hydrogens (tertiary/aromatic N) is 1. The third kappa shape index (κ3) is 2.53. The lowest BCUT2D eigenvalue weighted by molar-refractivity contribution is 0.252. The van der Waals surface area contributed by atoms with E-state index in [-0.39, 0.29) is 6.04 Å². The van der Waals surface area contributed by atoms with Gasteiger partial charge in [-0.25, -0.2) is 4.79 Å². The van der Waals surface area contributed by atoms with Gasteiger partial charge in [0.05, 0.1) is 6.04 Å². The molecule has 0 aliphatic heterocycles. The molecule has 3 aromatic rings. The molecule has 22 heavy (non-hydrogen) atoms. The van der Waals surface area contributed by atoms with E-state index in [4.69, 9.17) is 5.73 Å². The topological polar surface area (TPSA) is 46.3 Å². The van der Waals surface area contributed by atoms with Gasteiger partial charge >= 0.3 is 6.03 Å². The van der Waals surface area contributed by atoms with Crippen molar-refractivity contribution in [3.8, 4) is 0 Å². The van der Waals surface area contributed by atoms with Crippen LogP contribution in [0.25, 0.3) is 10.8 Å². The molecule has 0 radical (unpaired) electrons. The Kier molecular flexibility index (Phi) is 3.79. The summed E-state index contributed by atoms with van der Waals surface area (Å²) in [5.41, 5.74) is 7.52. The minimum atomic E-state index is -0.452. The van der Waals surface area contributed by atoms with Crippen LogP contribution in [0.5, 0.6) is 0 Å². The van der Waals surface area contributed by atoms with E-state index in [9.17, 15) is 4.79 Å². The lowest BCUT2D eigenvalue weighted by Gasteiger charge is -2.28. The number of amides is 2. The van der Waals surface area contributed by atoms with Crippen LogP contribution in [0.3, 0.4) is 0 Å². The van der Waals surface area contributed by atoms with Crippen molar-refractivity contribution in [3.05, 3.63) is 78.4 Å². The monoisotopic (exact) mass is 290 g/mol. The Hall–Kier alpha value is -2.81. The summed E-state index contributed by atoms with van der Waals surface area (Å²) in [6.07, 6.45) is 0. The second-order valence-electron chi connectivity index (χ2n) is 5.29. The summed E-state index contributed by atoms with van der Waals surface area (Å²) >= 11 is 0. The zero-order valence-corrected chi connectivity index (χ0v) is 12.4. The van der Waals surface area contributed by atoms with Gasteiger partial charge in [0.25, 0.3) is 0 Å². The largest absolute Gasteiger partial charge is 0.351 e. The fraction of sp³-hybridized carbons (Fsp3) is 0.105. The quantitative estimate of drug-likeness (QED) is 0.759. The maximum Gasteiger partial charge on any atom is 0.319 e. The molecule has 0 spiro atoms. The van der Waals surface area contributed by atoms with E-state index in [1.54, 1.807) is 4.90 Å². The summed E-state index contributed by atoms with van der Waals surface area (Å²) in [6, 6.07) is 23.2. The Morgan fingerprint density at radius 3 is 2.27 bits per heavy atom. The van der Waals surface area contributed by atoms with Crippen molar-refractivity contribution in [2.45, 2.75) is 13.0 Å². The Labute approximate surface area is 130 Å². The molecule has 3 heteroatoms. The van der Waals surface area contributed by atoms with E-state index in [1.807, 2.05) is 61.5 Å². The van der Waals surface area contributed by atoms with Crippen LogP contribution < -0.4 is 10.6 Å². The van der Waals surface area contributed by atoms with E-state index in [0.29, 0.717) is 0 Å². The summed E-state index contributed by atoms with van der Waals surface area (Å²) in [7, 11) is 0. The van der Waals surface area contributed by atoms with Gasteiger partial charge in [0.1, 0.15) is 0 Å². The first kappa shape index (κ1) is 14.1. The third-order valence-corrected chi connectivity index (χ3v) is 3.93. The summed E-state index contributed by atoms with van der Waals surface area (Å²) in [5.74, 6) is 0. The molecule has 0 bridgehead atoms. The van der Waals surface area contributed by atoms with Gasteiger partial charge in [0, 0.05) is 5.69 Å². The number of urea groups is 1. The average Bonchev–Trinajstić information content (AvgIpc) is 2.55. The van der Waals surface area contributed by atoms with E-state index < -0.39 is 6.03 Å². The number of hydrogen-bond donors (Lipinski definition) is 1. The number of nitrogens with two attached hydrogens (primary N) is 1. The molecular weight excluding hydrogens is 272 g/mol. The SMILES string of the molecule is CC(c1cccc2ccccc12)N(C(N)=O)c1ccccc1. The van der Waals surface area contributed by atoms with E-state index in [1.165, 1.54) is 0 Å². The Morgan fingerprint density at radius 1 is 0.909 bits per heavy atom. The maximum atomic E-state index is 12.0. The highest BCUT2D eigenvalue weighted by Crippen LogP contribution is 2.31. The van der Waals surface area contributed by atoms with Crippen LogP contribution in [0.15, 0.2) is 72.8 Å². The lowest BCUT2D eigenvalue weighted by Crippen LogP contribution is -2.37. The standard InChI is InChI=1S/C19H18N2O/c1-14(21(19(20)22)16-10-3-2-4-11-16)17-13-7-9-15-8-5-6-12-18(15)17/h2-14H,1H3,(H2,20,22). The molecule has 0 aromatic heterocycles. The molecule has 0 heterocycles. The molecule has 0 aliphatic carbocycles. The molecule has 0 saturated heterocycles. The van der Waals surface area contributed by atoms with Gasteiger partial charge in [0.15, 0.2) is 0 Å². The normalized spacial score (nSPS) is 12.0. The number of carbonyl (C=O) groups is 1. The minimum Gasteiger partial charge on any atom is -0.351 e. The molecule has 3 rings (SSSR count). The first-order valence-corrected chi connectivity index (χ1v) is 7.30. The first-order chi connectivity index (χ1) is 10.7. The van der Waals surface area contributed by atoms with E-state index >= 15 is 0 Å². The number of hydrogen-bond acceptors (Lipinski definition) is 1. The number of carbonyl (C=O) groups excluding carboxylic acids is 1. The average molecular weight is 290 g/mol. The molecule has 3 nitrogen and oxygen atoms in total. The molecule has 2 amide bonds. The molecule has 3 aromatic carbocycles. The van der Waals surface area contributed by atoms with Crippen LogP contribution in [0.4, 0.5) is 10.5 Å². The molecule has 0 fully saturated rings. The highest BCUT2D eigenvalue weighted by atomic mass is 16.2. The van der Waals surface area contributed by atoms with Gasteiger partial charge in [-0.05, 0) is 35.4 Å². The van der Waals surface area contributed by atoms with E-state index in [2.05, 4.69) is 18.2 Å². The van der Waals surface area contributed by atoms with Crippen molar-refractivity contribution >= 4 is 22.5 Å². The van der Waals surface area contributed by atoms with Gasteiger partial charge < -0.3 is 5.73 Å². The van der Waals surface area contributed by atoms with E-state index in [0.717, 1.165) is 22.0 Å². The molecule has 0 aliphatic rings. The summed E-state index contributed by atoms with van der Waals surface area (Å²) in [5, 5.41) is 2.30. The van der Waals surface area contributed by atoms with Crippen LogP contribution in [0.1, 0.15) is 18.5 Å². The van der Waals surface area contributed by atoms with Gasteiger partial charge in [-0.1, -0.05) is 60.7 Å². The predicted octanol–water partition coefficient (Wildman–Crippen LogP) is 4.49. The molecule has 1 unspecified atom stereocenters. The van der Waals surface area contributed by atoms with Crippen LogP contribution in [-0.2, 0) is 0 Å². The predicted molar refractivity (Wildman–Crippen MR) is 90.9 cm³/mol. The first-order valence-electron chi connectivity index (χ1n) is 7.30. The number of anilines is 1. The molecule has 0 saturated carbocycles. The number of rotatable bonds is 3. The summed E-state index contributed by atoms with van der Waals surface area (Å²) in [6.45, 7) is 2.00. The van der Waals surface area contributed by atoms with Crippen molar-refractivity contribution in [1.82, 2.24) is 0 Å². The smallest absolute Gasteiger partial charge is 0.319 e.